The standard InChI is InChI=1S/C14H24N2O3/c1-5-11-10(6-7-19-11)8-16-9(2)12(17)15-14(3,4)13(16)18/h9-11H,5-8H2,1-4H3,(H,15,17). The minimum absolute atomic E-state index is 0.00125. The van der Waals surface area contributed by atoms with E-state index < -0.39 is 11.6 Å². The molecule has 2 fully saturated rings. The Hall–Kier alpha value is -1.10. The third-order valence-electron chi connectivity index (χ3n) is 4.26. The van der Waals surface area contributed by atoms with Crippen molar-refractivity contribution in [2.45, 2.75) is 58.2 Å². The van der Waals surface area contributed by atoms with Crippen LogP contribution in [0.1, 0.15) is 40.5 Å². The first kappa shape index (κ1) is 14.3. The summed E-state index contributed by atoms with van der Waals surface area (Å²) >= 11 is 0. The quantitative estimate of drug-likeness (QED) is 0.828. The average molecular weight is 268 g/mol. The van der Waals surface area contributed by atoms with Crippen LogP contribution in [0, 0.1) is 5.92 Å². The first-order valence-corrected chi connectivity index (χ1v) is 7.11. The van der Waals surface area contributed by atoms with Gasteiger partial charge >= 0.3 is 0 Å². The van der Waals surface area contributed by atoms with Gasteiger partial charge in [0.15, 0.2) is 0 Å². The molecule has 0 spiro atoms. The Kier molecular flexibility index (Phi) is 3.85. The summed E-state index contributed by atoms with van der Waals surface area (Å²) in [7, 11) is 0. The van der Waals surface area contributed by atoms with Gasteiger partial charge in [-0.05, 0) is 33.6 Å². The van der Waals surface area contributed by atoms with Gasteiger partial charge in [0.1, 0.15) is 11.6 Å². The number of nitrogens with zero attached hydrogens (tertiary/aromatic N) is 1. The van der Waals surface area contributed by atoms with E-state index in [0.717, 1.165) is 19.4 Å². The zero-order chi connectivity index (χ0) is 14.2. The molecule has 2 amide bonds. The van der Waals surface area contributed by atoms with Gasteiger partial charge in [-0.1, -0.05) is 6.92 Å². The molecule has 0 radical (unpaired) electrons. The summed E-state index contributed by atoms with van der Waals surface area (Å²) < 4.78 is 5.67. The lowest BCUT2D eigenvalue weighted by atomic mass is 9.93. The van der Waals surface area contributed by atoms with Crippen molar-refractivity contribution in [2.24, 2.45) is 5.92 Å². The van der Waals surface area contributed by atoms with Crippen molar-refractivity contribution in [3.63, 3.8) is 0 Å². The van der Waals surface area contributed by atoms with Crippen LogP contribution in [0.5, 0.6) is 0 Å². The van der Waals surface area contributed by atoms with E-state index >= 15 is 0 Å². The number of piperazine rings is 1. The smallest absolute Gasteiger partial charge is 0.248 e. The molecule has 19 heavy (non-hydrogen) atoms. The van der Waals surface area contributed by atoms with Crippen LogP contribution in [0.25, 0.3) is 0 Å². The number of nitrogens with one attached hydrogen (secondary N) is 1. The van der Waals surface area contributed by atoms with Crippen LogP contribution in [0.2, 0.25) is 0 Å². The molecule has 2 heterocycles. The fourth-order valence-corrected chi connectivity index (χ4v) is 2.99. The fraction of sp³-hybridized carbons (Fsp3) is 0.857. The van der Waals surface area contributed by atoms with Crippen molar-refractivity contribution < 1.29 is 14.3 Å². The lowest BCUT2D eigenvalue weighted by molar-refractivity contribution is -0.153. The van der Waals surface area contributed by atoms with Crippen molar-refractivity contribution in [3.8, 4) is 0 Å². The molecule has 1 N–H and O–H groups in total. The first-order valence-electron chi connectivity index (χ1n) is 7.11. The van der Waals surface area contributed by atoms with Crippen molar-refractivity contribution >= 4 is 11.8 Å². The lowest BCUT2D eigenvalue weighted by Crippen LogP contribution is -2.68. The summed E-state index contributed by atoms with van der Waals surface area (Å²) in [4.78, 5) is 26.1. The highest BCUT2D eigenvalue weighted by Crippen LogP contribution is 2.27. The maximum Gasteiger partial charge on any atom is 0.248 e. The second-order valence-corrected chi connectivity index (χ2v) is 6.11. The van der Waals surface area contributed by atoms with E-state index in [4.69, 9.17) is 4.74 Å². The van der Waals surface area contributed by atoms with Gasteiger partial charge in [-0.15, -0.1) is 0 Å². The normalized spacial score (nSPS) is 34.5. The highest BCUT2D eigenvalue weighted by Gasteiger charge is 2.44. The van der Waals surface area contributed by atoms with Gasteiger partial charge in [0.25, 0.3) is 0 Å². The van der Waals surface area contributed by atoms with Crippen LogP contribution in [0.3, 0.4) is 0 Å². The highest BCUT2D eigenvalue weighted by atomic mass is 16.5. The van der Waals surface area contributed by atoms with E-state index in [-0.39, 0.29) is 17.9 Å². The Morgan fingerprint density at radius 1 is 1.42 bits per heavy atom. The molecule has 108 valence electrons. The Bertz CT molecular complexity index is 381. The maximum atomic E-state index is 12.5. The van der Waals surface area contributed by atoms with Crippen LogP contribution in [0.15, 0.2) is 0 Å². The molecular weight excluding hydrogens is 244 g/mol. The summed E-state index contributed by atoms with van der Waals surface area (Å²) in [6.45, 7) is 8.79. The SMILES string of the molecule is CCC1OCCC1CN1C(=O)C(C)(C)NC(=O)C1C. The summed E-state index contributed by atoms with van der Waals surface area (Å²) in [5.74, 6) is 0.274. The molecular formula is C14H24N2O3. The molecule has 0 aliphatic carbocycles. The van der Waals surface area contributed by atoms with E-state index in [1.54, 1.807) is 25.7 Å². The molecule has 0 saturated carbocycles. The molecule has 2 rings (SSSR count). The highest BCUT2D eigenvalue weighted by molar-refractivity contribution is 5.99. The van der Waals surface area contributed by atoms with E-state index in [1.807, 2.05) is 0 Å². The number of carbonyl (C=O) groups excluding carboxylic acids is 2. The largest absolute Gasteiger partial charge is 0.378 e. The number of carbonyl (C=O) groups is 2. The minimum atomic E-state index is -0.801. The Morgan fingerprint density at radius 2 is 2.11 bits per heavy atom. The topological polar surface area (TPSA) is 58.6 Å². The first-order chi connectivity index (χ1) is 8.86. The molecule has 2 saturated heterocycles. The van der Waals surface area contributed by atoms with Gasteiger partial charge in [0.2, 0.25) is 11.8 Å². The molecule has 2 aliphatic rings. The number of ether oxygens (including phenoxy) is 1. The van der Waals surface area contributed by atoms with E-state index in [9.17, 15) is 9.59 Å². The molecule has 0 aromatic rings. The molecule has 0 aromatic heterocycles. The molecule has 0 aromatic carbocycles. The maximum absolute atomic E-state index is 12.5. The molecule has 3 unspecified atom stereocenters. The van der Waals surface area contributed by atoms with Crippen molar-refractivity contribution in [3.05, 3.63) is 0 Å². The summed E-state index contributed by atoms with van der Waals surface area (Å²) in [6.07, 6.45) is 2.14. The van der Waals surface area contributed by atoms with E-state index in [1.165, 1.54) is 0 Å². The van der Waals surface area contributed by atoms with Crippen LogP contribution in [-0.2, 0) is 14.3 Å². The van der Waals surface area contributed by atoms with Crippen LogP contribution in [0.4, 0.5) is 0 Å². The minimum Gasteiger partial charge on any atom is -0.378 e. The predicted molar refractivity (Wildman–Crippen MR) is 71.5 cm³/mol. The zero-order valence-corrected chi connectivity index (χ0v) is 12.2. The van der Waals surface area contributed by atoms with Gasteiger partial charge in [-0.2, -0.15) is 0 Å². The number of amides is 2. The van der Waals surface area contributed by atoms with Gasteiger partial charge in [-0.25, -0.2) is 0 Å². The van der Waals surface area contributed by atoms with Gasteiger partial charge in [-0.3, -0.25) is 9.59 Å². The zero-order valence-electron chi connectivity index (χ0n) is 12.2. The third kappa shape index (κ3) is 2.61. The van der Waals surface area contributed by atoms with Crippen molar-refractivity contribution in [1.82, 2.24) is 10.2 Å². The Balaban J connectivity index is 2.12. The second-order valence-electron chi connectivity index (χ2n) is 6.11. The van der Waals surface area contributed by atoms with E-state index in [0.29, 0.717) is 12.5 Å². The second kappa shape index (κ2) is 5.12. The molecule has 5 nitrogen and oxygen atoms in total. The molecule has 3 atom stereocenters. The van der Waals surface area contributed by atoms with Gasteiger partial charge < -0.3 is 15.0 Å². The number of hydrogen-bond acceptors (Lipinski definition) is 3. The van der Waals surface area contributed by atoms with Crippen molar-refractivity contribution in [2.75, 3.05) is 13.2 Å². The van der Waals surface area contributed by atoms with Crippen LogP contribution in [-0.4, -0.2) is 47.6 Å². The van der Waals surface area contributed by atoms with E-state index in [2.05, 4.69) is 12.2 Å². The number of rotatable bonds is 3. The predicted octanol–water partition coefficient (Wildman–Crippen LogP) is 0.927. The lowest BCUT2D eigenvalue weighted by Gasteiger charge is -2.42. The summed E-state index contributed by atoms with van der Waals surface area (Å²) in [5, 5.41) is 2.77. The summed E-state index contributed by atoms with van der Waals surface area (Å²) in [6, 6.07) is -0.390. The van der Waals surface area contributed by atoms with Gasteiger partial charge in [0.05, 0.1) is 6.10 Å². The van der Waals surface area contributed by atoms with Gasteiger partial charge in [0, 0.05) is 19.1 Å². The monoisotopic (exact) mass is 268 g/mol. The van der Waals surface area contributed by atoms with Crippen LogP contribution < -0.4 is 5.32 Å². The Labute approximate surface area is 114 Å². The molecule has 0 bridgehead atoms. The summed E-state index contributed by atoms with van der Waals surface area (Å²) in [5.41, 5.74) is -0.801. The Morgan fingerprint density at radius 3 is 2.74 bits per heavy atom. The molecule has 5 heteroatoms. The van der Waals surface area contributed by atoms with Crippen molar-refractivity contribution in [1.29, 1.82) is 0 Å². The van der Waals surface area contributed by atoms with Crippen LogP contribution >= 0.6 is 0 Å². The third-order valence-corrected chi connectivity index (χ3v) is 4.26. The molecule has 2 aliphatic heterocycles. The number of hydrogen-bond donors (Lipinski definition) is 1. The fourth-order valence-electron chi connectivity index (χ4n) is 2.99. The average Bonchev–Trinajstić information content (AvgIpc) is 2.79.